The summed E-state index contributed by atoms with van der Waals surface area (Å²) < 4.78 is 23.7. The fourth-order valence-corrected chi connectivity index (χ4v) is 16.2. The highest BCUT2D eigenvalue weighted by atomic mass is 16.5. The molecule has 1 unspecified atom stereocenters. The highest BCUT2D eigenvalue weighted by molar-refractivity contribution is 5.71. The zero-order valence-corrected chi connectivity index (χ0v) is 82.1. The normalized spacial score (nSPS) is 11.3. The highest BCUT2D eigenvalue weighted by Crippen LogP contribution is 2.31. The van der Waals surface area contributed by atoms with Crippen LogP contribution in [-0.4, -0.2) is 55.8 Å². The molecule has 698 valence electrons. The van der Waals surface area contributed by atoms with Gasteiger partial charge in [-0.2, -0.15) is 0 Å². The van der Waals surface area contributed by atoms with Crippen molar-refractivity contribution < 1.29 is 18.9 Å². The van der Waals surface area contributed by atoms with Crippen LogP contribution in [0.4, 0.5) is 0 Å². The lowest BCUT2D eigenvalue weighted by Crippen LogP contribution is -2.11. The molecule has 0 amide bonds. The number of aromatic nitrogens is 6. The summed E-state index contributed by atoms with van der Waals surface area (Å²) in [5.74, 6) is 6.14. The molecule has 0 aliphatic carbocycles. The molecule has 1 atom stereocenters. The number of rotatable bonds is 68. The van der Waals surface area contributed by atoms with Crippen molar-refractivity contribution in [2.24, 2.45) is 0 Å². The minimum Gasteiger partial charge on any atom is -0.494 e. The lowest BCUT2D eigenvalue weighted by Gasteiger charge is -2.15. The summed E-state index contributed by atoms with van der Waals surface area (Å²) in [7, 11) is 0. The first kappa shape index (κ1) is 108. The molecule has 0 radical (unpaired) electrons. The first-order chi connectivity index (χ1) is 62.6. The topological polar surface area (TPSA) is 114 Å². The van der Waals surface area contributed by atoms with Crippen LogP contribution in [0.5, 0.6) is 23.0 Å². The Labute approximate surface area is 776 Å². The molecule has 127 heavy (non-hydrogen) atoms. The quantitative estimate of drug-likeness (QED) is 0.0341. The molecule has 10 heteroatoms. The van der Waals surface area contributed by atoms with E-state index in [1.807, 2.05) is 73.6 Å². The Morgan fingerprint density at radius 1 is 0.220 bits per heavy atom. The summed E-state index contributed by atoms with van der Waals surface area (Å²) >= 11 is 0. The fraction of sp³-hybridized carbons (Fsp3) is 0.590. The van der Waals surface area contributed by atoms with E-state index >= 15 is 0 Å². The molecule has 0 saturated carbocycles. The van der Waals surface area contributed by atoms with Crippen molar-refractivity contribution in [3.63, 3.8) is 0 Å². The van der Waals surface area contributed by atoms with Crippen LogP contribution in [-0.2, 0) is 25.7 Å². The zero-order chi connectivity index (χ0) is 90.1. The van der Waals surface area contributed by atoms with Gasteiger partial charge < -0.3 is 18.9 Å². The van der Waals surface area contributed by atoms with Crippen LogP contribution in [0.2, 0.25) is 0 Å². The summed E-state index contributed by atoms with van der Waals surface area (Å²) in [4.78, 5) is 27.4. The molecule has 0 aliphatic rings. The van der Waals surface area contributed by atoms with Crippen molar-refractivity contribution >= 4 is 0 Å². The third kappa shape index (κ3) is 49.9. The Kier molecular flexibility index (Phi) is 61.4. The molecule has 3 aromatic heterocycles. The molecule has 9 rings (SSSR count). The lowest BCUT2D eigenvalue weighted by atomic mass is 9.95. The maximum absolute atomic E-state index is 6.10. The smallest absolute Gasteiger partial charge is 0.159 e. The third-order valence-electron chi connectivity index (χ3n) is 24.6. The molecule has 3 heterocycles. The second-order valence-electron chi connectivity index (χ2n) is 36.2. The summed E-state index contributed by atoms with van der Waals surface area (Å²) in [6.07, 6.45) is 83.8. The van der Waals surface area contributed by atoms with Crippen LogP contribution in [0.25, 0.3) is 56.4 Å². The van der Waals surface area contributed by atoms with Gasteiger partial charge in [0.05, 0.1) is 25.9 Å². The second-order valence-corrected chi connectivity index (χ2v) is 36.2. The van der Waals surface area contributed by atoms with E-state index in [-0.39, 0.29) is 6.10 Å². The Balaban J connectivity index is 0.000000263. The largest absolute Gasteiger partial charge is 0.494 e. The summed E-state index contributed by atoms with van der Waals surface area (Å²) in [6.45, 7) is 24.9. The summed E-state index contributed by atoms with van der Waals surface area (Å²) in [5, 5.41) is 0. The Morgan fingerprint density at radius 2 is 0.441 bits per heavy atom. The average Bonchev–Trinajstić information content (AvgIpc) is 0.833. The number of hydrogen-bond donors (Lipinski definition) is 0. The molecule has 0 fully saturated rings. The van der Waals surface area contributed by atoms with Gasteiger partial charge in [0.15, 0.2) is 17.5 Å². The van der Waals surface area contributed by atoms with Crippen LogP contribution in [0, 0.1) is 6.92 Å². The van der Waals surface area contributed by atoms with Crippen molar-refractivity contribution in [1.82, 2.24) is 29.9 Å². The van der Waals surface area contributed by atoms with E-state index in [1.54, 1.807) is 0 Å². The predicted octanol–water partition coefficient (Wildman–Crippen LogP) is 35.9. The molecule has 0 saturated heterocycles. The van der Waals surface area contributed by atoms with Gasteiger partial charge in [-0.1, -0.05) is 380 Å². The van der Waals surface area contributed by atoms with Gasteiger partial charge in [0.1, 0.15) is 23.0 Å². The lowest BCUT2D eigenvalue weighted by molar-refractivity contribution is 0.206. The summed E-state index contributed by atoms with van der Waals surface area (Å²) in [5.41, 5.74) is 14.9. The highest BCUT2D eigenvalue weighted by Gasteiger charge is 2.12. The van der Waals surface area contributed by atoms with Gasteiger partial charge in [0.25, 0.3) is 0 Å². The monoisotopic (exact) mass is 1730 g/mol. The van der Waals surface area contributed by atoms with Crippen molar-refractivity contribution in [2.75, 3.05) is 19.8 Å². The van der Waals surface area contributed by atoms with Gasteiger partial charge in [0, 0.05) is 53.9 Å². The van der Waals surface area contributed by atoms with Gasteiger partial charge in [-0.05, 0) is 232 Å². The molecule has 0 aliphatic heterocycles. The fourth-order valence-electron chi connectivity index (χ4n) is 16.2. The van der Waals surface area contributed by atoms with Crippen LogP contribution >= 0.6 is 0 Å². The number of aryl methyl sites for hydroxylation is 5. The predicted molar refractivity (Wildman–Crippen MR) is 547 cm³/mol. The van der Waals surface area contributed by atoms with E-state index in [2.05, 4.69) is 202 Å². The maximum Gasteiger partial charge on any atom is 0.159 e. The van der Waals surface area contributed by atoms with Gasteiger partial charge in [0.2, 0.25) is 0 Å². The average molecular weight is 1730 g/mol. The number of unbranched alkanes of at least 4 members (excludes halogenated alkanes) is 42. The van der Waals surface area contributed by atoms with E-state index in [0.29, 0.717) is 0 Å². The van der Waals surface area contributed by atoms with Gasteiger partial charge in [-0.25, -0.2) is 29.9 Å². The third-order valence-corrected chi connectivity index (χ3v) is 24.6. The van der Waals surface area contributed by atoms with Gasteiger partial charge in [-0.3, -0.25) is 0 Å². The summed E-state index contributed by atoms with van der Waals surface area (Å²) in [6, 6.07) is 49.1. The molecule has 0 N–H and O–H groups in total. The van der Waals surface area contributed by atoms with Crippen LogP contribution in [0.3, 0.4) is 0 Å². The van der Waals surface area contributed by atoms with E-state index in [1.165, 1.54) is 358 Å². The molecule has 0 bridgehead atoms. The Bertz CT molecular complexity index is 4020. The van der Waals surface area contributed by atoms with Crippen LogP contribution < -0.4 is 18.9 Å². The molecular formula is C117H176N6O4. The number of benzene rings is 6. The first-order valence-electron chi connectivity index (χ1n) is 52.2. The van der Waals surface area contributed by atoms with Crippen molar-refractivity contribution in [1.29, 1.82) is 0 Å². The zero-order valence-electron chi connectivity index (χ0n) is 82.1. The minimum absolute atomic E-state index is 0.270. The van der Waals surface area contributed by atoms with E-state index in [4.69, 9.17) is 18.9 Å². The van der Waals surface area contributed by atoms with Crippen LogP contribution in [0.15, 0.2) is 177 Å². The molecule has 0 spiro atoms. The molecule has 6 aromatic carbocycles. The first-order valence-corrected chi connectivity index (χ1v) is 52.2. The molecule has 10 nitrogen and oxygen atoms in total. The number of hydrogen-bond acceptors (Lipinski definition) is 10. The van der Waals surface area contributed by atoms with Crippen molar-refractivity contribution in [3.8, 4) is 79.4 Å². The van der Waals surface area contributed by atoms with E-state index < -0.39 is 0 Å². The number of ether oxygens (including phenoxy) is 4. The number of nitrogens with zero attached hydrogens (tertiary/aromatic N) is 6. The minimum atomic E-state index is 0.270. The van der Waals surface area contributed by atoms with Gasteiger partial charge in [-0.15, -0.1) is 0 Å². The molecular weight excluding hydrogens is 1550 g/mol. The van der Waals surface area contributed by atoms with Gasteiger partial charge >= 0.3 is 0 Å². The maximum atomic E-state index is 6.10. The molecule has 9 aromatic rings. The van der Waals surface area contributed by atoms with Crippen LogP contribution in [0.1, 0.15) is 418 Å². The SMILES string of the molecule is CCCCCCCCCCc1ccc(-c2ccc(-c3ccc(OC(C)CCCCC)cc3)cc2)cc1C.CCCCCCCCCCc1cnc(-c2ccc(OCCCCCCCC)cc2)nc1.CCCCCCCCCOc1ccc(-c2ncc(CCCCCCCC)cn2)cc1.CCCCCCCCOc1ccc(-c2ncc(CCCCCCCC)cn2)cc1. The second kappa shape index (κ2) is 72.5. The standard InChI is InChI=1S/C36H50O.C28H44N2O.C27H42N2O.C26H40N2O/c1-5-7-9-10-11-12-13-15-17-31-18-23-35(28-29(31)3)34-21-19-32(20-22-34)33-24-26-36(27-25-33)37-30(4)16-14-8-6-2;1-3-5-7-9-11-12-13-15-17-25-23-29-28(30-24-25)26-18-20-27(21-19-26)31-22-16-14-10-8-6-4-2;1-3-5-7-9-11-13-15-21-30-26-19-17-25(18-20-26)27-28-22-24(23-29-27)16-14-12-10-8-6-4-2;1-3-5-7-9-11-13-15-23-21-27-26(28-22-23)24-16-18-25(19-17-24)29-20-14-12-10-8-6-4-2/h18-28,30H,5-17H2,1-4H3;18-21,23-24H,3-17,22H2,1-2H3;17-20,22-23H,3-16,21H2,1-2H3;16-19,21-22H,3-15,20H2,1-2H3. The van der Waals surface area contributed by atoms with Crippen molar-refractivity contribution in [3.05, 3.63) is 205 Å². The Hall–Kier alpha value is -8.24. The van der Waals surface area contributed by atoms with Crippen molar-refractivity contribution in [2.45, 2.75) is 428 Å². The van der Waals surface area contributed by atoms with E-state index in [0.717, 1.165) is 122 Å². The Morgan fingerprint density at radius 3 is 0.724 bits per heavy atom. The van der Waals surface area contributed by atoms with E-state index in [9.17, 15) is 0 Å².